The second-order valence-electron chi connectivity index (χ2n) is 10.8. The number of halogens is 3. The van der Waals surface area contributed by atoms with Crippen LogP contribution < -0.4 is 9.86 Å². The van der Waals surface area contributed by atoms with Crippen molar-refractivity contribution < 1.29 is 22.4 Å². The summed E-state index contributed by atoms with van der Waals surface area (Å²) in [6.07, 6.45) is 0. The molecule has 1 atom stereocenters. The van der Waals surface area contributed by atoms with Gasteiger partial charge < -0.3 is 9.80 Å². The molecule has 4 aromatic rings. The molecular weight excluding hydrogens is 642 g/mol. The molecule has 1 aromatic heterocycles. The lowest BCUT2D eigenvalue weighted by Gasteiger charge is -2.34. The second-order valence-corrected chi connectivity index (χ2v) is 13.5. The summed E-state index contributed by atoms with van der Waals surface area (Å²) in [6, 6.07) is 18.5. The van der Waals surface area contributed by atoms with E-state index in [9.17, 15) is 22.8 Å². The molecule has 0 saturated carbocycles. The highest BCUT2D eigenvalue weighted by molar-refractivity contribution is 7.92. The summed E-state index contributed by atoms with van der Waals surface area (Å²) in [5, 5.41) is 0.854. The van der Waals surface area contributed by atoms with Gasteiger partial charge in [-0.05, 0) is 53.6 Å². The van der Waals surface area contributed by atoms with Crippen molar-refractivity contribution in [2.75, 3.05) is 30.5 Å². The number of sulfonamides is 1. The topological polar surface area (TPSA) is 100 Å². The van der Waals surface area contributed by atoms with Crippen LogP contribution >= 0.6 is 23.2 Å². The first-order valence-electron chi connectivity index (χ1n) is 14.1. The Morgan fingerprint density at radius 3 is 2.02 bits per heavy atom. The molecule has 0 radical (unpaired) electrons. The van der Waals surface area contributed by atoms with Gasteiger partial charge in [-0.2, -0.15) is 0 Å². The molecule has 2 aliphatic rings. The fourth-order valence-electron chi connectivity index (χ4n) is 5.82. The van der Waals surface area contributed by atoms with Gasteiger partial charge in [0.25, 0.3) is 21.5 Å². The molecule has 1 fully saturated rings. The van der Waals surface area contributed by atoms with Crippen molar-refractivity contribution in [2.24, 2.45) is 0 Å². The van der Waals surface area contributed by atoms with Gasteiger partial charge in [-0.25, -0.2) is 17.1 Å². The van der Waals surface area contributed by atoms with E-state index in [1.807, 2.05) is 0 Å². The van der Waals surface area contributed by atoms with Gasteiger partial charge >= 0.3 is 0 Å². The van der Waals surface area contributed by atoms with Crippen LogP contribution in [-0.2, 0) is 21.4 Å². The Hall–Kier alpha value is -4.19. The largest absolute Gasteiger partial charge is 0.339 e. The van der Waals surface area contributed by atoms with Gasteiger partial charge in [0.2, 0.25) is 5.91 Å². The van der Waals surface area contributed by atoms with E-state index in [1.165, 1.54) is 40.7 Å². The minimum atomic E-state index is -4.61. The van der Waals surface area contributed by atoms with Crippen LogP contribution in [0.25, 0.3) is 11.1 Å². The summed E-state index contributed by atoms with van der Waals surface area (Å²) in [5.74, 6) is -1.59. The summed E-state index contributed by atoms with van der Waals surface area (Å²) < 4.78 is 46.2. The molecule has 2 aliphatic heterocycles. The zero-order chi connectivity index (χ0) is 32.0. The minimum absolute atomic E-state index is 0.0107. The molecular formula is C32H27Cl2FN4O5S. The van der Waals surface area contributed by atoms with E-state index in [2.05, 4.69) is 0 Å². The van der Waals surface area contributed by atoms with Gasteiger partial charge in [-0.15, -0.1) is 0 Å². The number of anilines is 1. The van der Waals surface area contributed by atoms with Crippen molar-refractivity contribution in [1.82, 2.24) is 14.4 Å². The first-order chi connectivity index (χ1) is 21.5. The monoisotopic (exact) mass is 668 g/mol. The minimum Gasteiger partial charge on any atom is -0.339 e. The summed E-state index contributed by atoms with van der Waals surface area (Å²) >= 11 is 12.3. The van der Waals surface area contributed by atoms with Crippen LogP contribution in [0.2, 0.25) is 10.0 Å². The van der Waals surface area contributed by atoms with Crippen molar-refractivity contribution >= 4 is 50.9 Å². The van der Waals surface area contributed by atoms with E-state index >= 15 is 4.39 Å². The van der Waals surface area contributed by atoms with E-state index in [1.54, 1.807) is 53.4 Å². The summed E-state index contributed by atoms with van der Waals surface area (Å²) in [5.41, 5.74) is 0.432. The predicted octanol–water partition coefficient (Wildman–Crippen LogP) is 5.22. The number of hydrogen-bond donors (Lipinski definition) is 0. The van der Waals surface area contributed by atoms with Gasteiger partial charge in [0.1, 0.15) is 22.1 Å². The predicted molar refractivity (Wildman–Crippen MR) is 170 cm³/mol. The van der Waals surface area contributed by atoms with Crippen LogP contribution in [0.3, 0.4) is 0 Å². The third-order valence-corrected chi connectivity index (χ3v) is 10.5. The average molecular weight is 670 g/mol. The number of hydrogen-bond acceptors (Lipinski definition) is 5. The molecule has 6 rings (SSSR count). The lowest BCUT2D eigenvalue weighted by atomic mass is 10.0. The molecule has 0 bridgehead atoms. The Labute approximate surface area is 269 Å². The maximum Gasteiger partial charge on any atom is 0.269 e. The van der Waals surface area contributed by atoms with Crippen molar-refractivity contribution in [2.45, 2.75) is 24.4 Å². The molecule has 2 amide bonds. The average Bonchev–Trinajstić information content (AvgIpc) is 3.44. The molecule has 0 aliphatic carbocycles. The van der Waals surface area contributed by atoms with Gasteiger partial charge in [-0.3, -0.25) is 19.0 Å². The number of carbonyl (C=O) groups excluding carboxylic acids is 2. The van der Waals surface area contributed by atoms with Gasteiger partial charge in [0.15, 0.2) is 0 Å². The lowest BCUT2D eigenvalue weighted by Crippen LogP contribution is -2.51. The quantitative estimate of drug-likeness (QED) is 0.291. The zero-order valence-electron chi connectivity index (χ0n) is 24.0. The number of nitrogens with zero attached hydrogens (tertiary/aromatic N) is 4. The smallest absolute Gasteiger partial charge is 0.269 e. The molecule has 0 unspecified atom stereocenters. The zero-order valence-corrected chi connectivity index (χ0v) is 26.3. The molecule has 1 saturated heterocycles. The molecule has 3 aromatic carbocycles. The highest BCUT2D eigenvalue weighted by Crippen LogP contribution is 2.45. The van der Waals surface area contributed by atoms with E-state index in [-0.39, 0.29) is 42.5 Å². The maximum atomic E-state index is 15.1. The Bertz CT molecular complexity index is 1980. The van der Waals surface area contributed by atoms with E-state index < -0.39 is 38.2 Å². The molecule has 0 N–H and O–H groups in total. The highest BCUT2D eigenvalue weighted by Gasteiger charge is 2.44. The van der Waals surface area contributed by atoms with Crippen LogP contribution in [0.1, 0.15) is 28.9 Å². The van der Waals surface area contributed by atoms with E-state index in [0.29, 0.717) is 34.3 Å². The SMILES string of the molecule is CC(=O)N1CCN(C(=O)c2cc(-c3ccc(Cl)cc3)c3n(c2=O)C[C@@H](c2ccc(Cl)cc2)N3S(=O)(=O)c2ccccc2F)CC1. The number of piperazine rings is 1. The van der Waals surface area contributed by atoms with Crippen LogP contribution in [0.5, 0.6) is 0 Å². The number of amides is 2. The van der Waals surface area contributed by atoms with Crippen LogP contribution in [0.4, 0.5) is 10.2 Å². The standard InChI is InChI=1S/C32H27Cl2FN4O5S/c1-20(40)36-14-16-37(17-15-36)31(41)26-18-25(21-6-10-23(33)11-7-21)30-38(32(26)42)19-28(22-8-12-24(34)13-9-22)39(30)45(43,44)29-5-3-2-4-27(29)35/h2-13,18,28H,14-17,19H2,1H3/t28-/m0/s1. The second kappa shape index (κ2) is 12.0. The maximum absolute atomic E-state index is 15.1. The molecule has 0 spiro atoms. The van der Waals surface area contributed by atoms with Crippen LogP contribution in [-0.4, -0.2) is 60.8 Å². The fourth-order valence-corrected chi connectivity index (χ4v) is 7.79. The number of rotatable bonds is 5. The van der Waals surface area contributed by atoms with Crippen molar-refractivity contribution in [3.05, 3.63) is 116 Å². The first-order valence-corrected chi connectivity index (χ1v) is 16.3. The van der Waals surface area contributed by atoms with Crippen molar-refractivity contribution in [3.63, 3.8) is 0 Å². The Balaban J connectivity index is 1.58. The van der Waals surface area contributed by atoms with Gasteiger partial charge in [-0.1, -0.05) is 59.6 Å². The number of benzene rings is 3. The third-order valence-electron chi connectivity index (χ3n) is 8.13. The molecule has 232 valence electrons. The third kappa shape index (κ3) is 5.60. The van der Waals surface area contributed by atoms with Gasteiger partial charge in [0, 0.05) is 48.7 Å². The number of pyridine rings is 1. The number of aromatic nitrogens is 1. The van der Waals surface area contributed by atoms with Crippen molar-refractivity contribution in [1.29, 1.82) is 0 Å². The van der Waals surface area contributed by atoms with Gasteiger partial charge in [0.05, 0.1) is 12.6 Å². The normalized spacial score (nSPS) is 16.5. The lowest BCUT2D eigenvalue weighted by molar-refractivity contribution is -0.130. The molecule has 45 heavy (non-hydrogen) atoms. The van der Waals surface area contributed by atoms with Crippen LogP contribution in [0, 0.1) is 5.82 Å². The van der Waals surface area contributed by atoms with Crippen LogP contribution in [0.15, 0.2) is 88.6 Å². The first kappa shape index (κ1) is 30.8. The molecule has 3 heterocycles. The highest BCUT2D eigenvalue weighted by atomic mass is 35.5. The molecule has 9 nitrogen and oxygen atoms in total. The summed E-state index contributed by atoms with van der Waals surface area (Å²) in [6.45, 7) is 2.42. The number of carbonyl (C=O) groups is 2. The summed E-state index contributed by atoms with van der Waals surface area (Å²) in [7, 11) is -4.61. The summed E-state index contributed by atoms with van der Waals surface area (Å²) in [4.78, 5) is 42.4. The Morgan fingerprint density at radius 1 is 0.844 bits per heavy atom. The number of fused-ring (bicyclic) bond motifs is 1. The Morgan fingerprint density at radius 2 is 1.42 bits per heavy atom. The van der Waals surface area contributed by atoms with E-state index in [0.717, 1.165) is 10.4 Å². The Kier molecular flexibility index (Phi) is 8.19. The van der Waals surface area contributed by atoms with E-state index in [4.69, 9.17) is 23.2 Å². The molecule has 13 heteroatoms. The fraction of sp³-hybridized carbons (Fsp3) is 0.219. The van der Waals surface area contributed by atoms with Crippen molar-refractivity contribution in [3.8, 4) is 11.1 Å².